The summed E-state index contributed by atoms with van der Waals surface area (Å²) < 4.78 is 27.0. The van der Waals surface area contributed by atoms with Crippen molar-refractivity contribution in [2.45, 2.75) is 0 Å². The molecule has 0 fully saturated rings. The number of halogens is 2. The number of benzene rings is 2. The summed E-state index contributed by atoms with van der Waals surface area (Å²) in [4.78, 5) is 0. The van der Waals surface area contributed by atoms with E-state index in [2.05, 4.69) is 10.2 Å². The molecule has 118 valence electrons. The highest BCUT2D eigenvalue weighted by molar-refractivity contribution is 5.70. The van der Waals surface area contributed by atoms with Crippen LogP contribution in [0.3, 0.4) is 0 Å². The van der Waals surface area contributed by atoms with Gasteiger partial charge in [-0.2, -0.15) is 10.2 Å². The summed E-state index contributed by atoms with van der Waals surface area (Å²) in [5.74, 6) is -0.572. The maximum Gasteiger partial charge on any atom is 0.130 e. The zero-order valence-electron chi connectivity index (χ0n) is 12.7. The Morgan fingerprint density at radius 3 is 1.33 bits per heavy atom. The lowest BCUT2D eigenvalue weighted by atomic mass is 10.1. The molecule has 24 heavy (non-hydrogen) atoms. The molecule has 0 aliphatic heterocycles. The fourth-order valence-electron chi connectivity index (χ4n) is 2.10. The zero-order valence-corrected chi connectivity index (χ0v) is 12.7. The number of rotatable bonds is 4. The summed E-state index contributed by atoms with van der Waals surface area (Å²) in [6, 6.07) is 16.5. The topological polar surface area (TPSA) is 25.8 Å². The quantitative estimate of drug-likeness (QED) is 0.668. The van der Waals surface area contributed by atoms with Crippen LogP contribution < -0.4 is 0 Å². The average molecular weight is 320 g/mol. The van der Waals surface area contributed by atoms with E-state index in [1.807, 2.05) is 0 Å². The standard InChI is InChI=1S/C20H14F2N2/c21-19-7-3-1-5-15(19)9-11-17-13-14-18(24-23-17)12-10-16-6-2-4-8-20(16)22/h1-14H. The molecular formula is C20H14F2N2. The Balaban J connectivity index is 1.72. The third-order valence-corrected chi connectivity index (χ3v) is 3.38. The van der Waals surface area contributed by atoms with E-state index in [9.17, 15) is 8.78 Å². The first-order valence-electron chi connectivity index (χ1n) is 7.41. The summed E-state index contributed by atoms with van der Waals surface area (Å²) in [5.41, 5.74) is 2.20. The molecule has 2 aromatic carbocycles. The number of nitrogens with zero attached hydrogens (tertiary/aromatic N) is 2. The second kappa shape index (κ2) is 7.42. The van der Waals surface area contributed by atoms with E-state index in [1.54, 1.807) is 72.8 Å². The molecule has 1 aromatic heterocycles. The van der Waals surface area contributed by atoms with Gasteiger partial charge in [0.15, 0.2) is 0 Å². The zero-order chi connectivity index (χ0) is 16.8. The van der Waals surface area contributed by atoms with Crippen molar-refractivity contribution in [3.63, 3.8) is 0 Å². The lowest BCUT2D eigenvalue weighted by Gasteiger charge is -1.97. The molecule has 0 saturated heterocycles. The predicted molar refractivity (Wildman–Crippen MR) is 92.7 cm³/mol. The third kappa shape index (κ3) is 3.98. The van der Waals surface area contributed by atoms with E-state index < -0.39 is 0 Å². The highest BCUT2D eigenvalue weighted by Crippen LogP contribution is 2.12. The van der Waals surface area contributed by atoms with Gasteiger partial charge < -0.3 is 0 Å². The van der Waals surface area contributed by atoms with Gasteiger partial charge in [-0.3, -0.25) is 0 Å². The van der Waals surface area contributed by atoms with Crippen LogP contribution in [0.25, 0.3) is 24.3 Å². The molecular weight excluding hydrogens is 306 g/mol. The van der Waals surface area contributed by atoms with Gasteiger partial charge in [-0.25, -0.2) is 8.78 Å². The van der Waals surface area contributed by atoms with E-state index in [-0.39, 0.29) is 11.6 Å². The minimum atomic E-state index is -0.286. The van der Waals surface area contributed by atoms with Crippen molar-refractivity contribution in [2.75, 3.05) is 0 Å². The Kier molecular flexibility index (Phi) is 4.87. The molecule has 2 nitrogen and oxygen atoms in total. The highest BCUT2D eigenvalue weighted by atomic mass is 19.1. The third-order valence-electron chi connectivity index (χ3n) is 3.38. The van der Waals surface area contributed by atoms with Crippen LogP contribution in [0.4, 0.5) is 8.78 Å². The average Bonchev–Trinajstić information content (AvgIpc) is 2.61. The number of hydrogen-bond donors (Lipinski definition) is 0. The van der Waals surface area contributed by atoms with E-state index in [4.69, 9.17) is 0 Å². The van der Waals surface area contributed by atoms with Gasteiger partial charge >= 0.3 is 0 Å². The van der Waals surface area contributed by atoms with E-state index in [0.29, 0.717) is 22.5 Å². The molecule has 0 unspecified atom stereocenters. The van der Waals surface area contributed by atoms with Crippen molar-refractivity contribution in [1.82, 2.24) is 10.2 Å². The van der Waals surface area contributed by atoms with Crippen molar-refractivity contribution in [1.29, 1.82) is 0 Å². The Hall–Kier alpha value is -3.14. The second-order valence-electron chi connectivity index (χ2n) is 5.09. The van der Waals surface area contributed by atoms with Gasteiger partial charge in [0.25, 0.3) is 0 Å². The van der Waals surface area contributed by atoms with Crippen LogP contribution >= 0.6 is 0 Å². The van der Waals surface area contributed by atoms with Crippen molar-refractivity contribution in [3.8, 4) is 0 Å². The van der Waals surface area contributed by atoms with Crippen LogP contribution in [-0.4, -0.2) is 10.2 Å². The first-order valence-corrected chi connectivity index (χ1v) is 7.41. The van der Waals surface area contributed by atoms with Crippen LogP contribution in [0.5, 0.6) is 0 Å². The molecule has 4 heteroatoms. The lowest BCUT2D eigenvalue weighted by Crippen LogP contribution is -1.89. The fraction of sp³-hybridized carbons (Fsp3) is 0. The van der Waals surface area contributed by atoms with Crippen molar-refractivity contribution in [2.24, 2.45) is 0 Å². The molecule has 0 saturated carbocycles. The molecule has 0 amide bonds. The van der Waals surface area contributed by atoms with E-state index in [1.165, 1.54) is 12.1 Å². The Labute approximate surface area is 138 Å². The largest absolute Gasteiger partial charge is 0.206 e. The Morgan fingerprint density at radius 2 is 0.958 bits per heavy atom. The van der Waals surface area contributed by atoms with Crippen LogP contribution in [0.2, 0.25) is 0 Å². The molecule has 0 radical (unpaired) electrons. The maximum absolute atomic E-state index is 13.5. The summed E-state index contributed by atoms with van der Waals surface area (Å²) in [6.07, 6.45) is 6.67. The van der Waals surface area contributed by atoms with Crippen molar-refractivity contribution < 1.29 is 8.78 Å². The SMILES string of the molecule is Fc1ccccc1C=Cc1ccc(C=Cc2ccccc2F)nn1. The summed E-state index contributed by atoms with van der Waals surface area (Å²) in [7, 11) is 0. The summed E-state index contributed by atoms with van der Waals surface area (Å²) >= 11 is 0. The van der Waals surface area contributed by atoms with Gasteiger partial charge in [0.05, 0.1) is 11.4 Å². The molecule has 0 atom stereocenters. The Bertz CT molecular complexity index is 810. The first-order chi connectivity index (χ1) is 11.7. The molecule has 0 bridgehead atoms. The van der Waals surface area contributed by atoms with Gasteiger partial charge in [0.2, 0.25) is 0 Å². The van der Waals surface area contributed by atoms with Gasteiger partial charge in [0.1, 0.15) is 11.6 Å². The molecule has 0 aliphatic carbocycles. The molecule has 0 spiro atoms. The van der Waals surface area contributed by atoms with E-state index in [0.717, 1.165) is 0 Å². The summed E-state index contributed by atoms with van der Waals surface area (Å²) in [5, 5.41) is 8.11. The van der Waals surface area contributed by atoms with E-state index >= 15 is 0 Å². The molecule has 3 rings (SSSR count). The van der Waals surface area contributed by atoms with Gasteiger partial charge in [0, 0.05) is 11.1 Å². The van der Waals surface area contributed by atoms with Crippen molar-refractivity contribution in [3.05, 3.63) is 94.8 Å². The number of aromatic nitrogens is 2. The maximum atomic E-state index is 13.5. The number of hydrogen-bond acceptors (Lipinski definition) is 2. The van der Waals surface area contributed by atoms with Crippen LogP contribution in [0, 0.1) is 11.6 Å². The monoisotopic (exact) mass is 320 g/mol. The van der Waals surface area contributed by atoms with Gasteiger partial charge in [-0.1, -0.05) is 36.4 Å². The second-order valence-corrected chi connectivity index (χ2v) is 5.09. The minimum absolute atomic E-state index is 0.286. The van der Waals surface area contributed by atoms with Gasteiger partial charge in [-0.05, 0) is 48.6 Å². The predicted octanol–water partition coefficient (Wildman–Crippen LogP) is 5.10. The summed E-state index contributed by atoms with van der Waals surface area (Å²) in [6.45, 7) is 0. The van der Waals surface area contributed by atoms with Crippen LogP contribution in [0.1, 0.15) is 22.5 Å². The van der Waals surface area contributed by atoms with Crippen molar-refractivity contribution >= 4 is 24.3 Å². The minimum Gasteiger partial charge on any atom is -0.206 e. The van der Waals surface area contributed by atoms with Gasteiger partial charge in [-0.15, -0.1) is 0 Å². The van der Waals surface area contributed by atoms with Crippen LogP contribution in [-0.2, 0) is 0 Å². The lowest BCUT2D eigenvalue weighted by molar-refractivity contribution is 0.625. The first kappa shape index (κ1) is 15.7. The van der Waals surface area contributed by atoms with Crippen LogP contribution in [0.15, 0.2) is 60.7 Å². The highest BCUT2D eigenvalue weighted by Gasteiger charge is 1.98. The Morgan fingerprint density at radius 1 is 0.542 bits per heavy atom. The normalized spacial score (nSPS) is 11.4. The fourth-order valence-corrected chi connectivity index (χ4v) is 2.10. The smallest absolute Gasteiger partial charge is 0.130 e. The molecule has 0 aliphatic rings. The molecule has 0 N–H and O–H groups in total. The molecule has 3 aromatic rings. The molecule has 1 heterocycles.